The maximum absolute atomic E-state index is 5.71. The molecule has 1 N–H and O–H groups in total. The predicted molar refractivity (Wildman–Crippen MR) is 80.4 cm³/mol. The first kappa shape index (κ1) is 15.3. The molecule has 5 atom stereocenters. The Morgan fingerprint density at radius 2 is 2.05 bits per heavy atom. The first-order valence-corrected chi connectivity index (χ1v) is 8.14. The van der Waals surface area contributed by atoms with Crippen LogP contribution in [0.3, 0.4) is 0 Å². The van der Waals surface area contributed by atoms with Crippen molar-refractivity contribution in [1.82, 2.24) is 10.2 Å². The molecule has 0 radical (unpaired) electrons. The zero-order valence-electron chi connectivity index (χ0n) is 13.2. The molecular formula is C16H32N2O. The molecule has 19 heavy (non-hydrogen) atoms. The van der Waals surface area contributed by atoms with Gasteiger partial charge in [-0.1, -0.05) is 13.3 Å². The summed E-state index contributed by atoms with van der Waals surface area (Å²) in [5, 5.41) is 3.55. The van der Waals surface area contributed by atoms with Crippen molar-refractivity contribution in [2.75, 3.05) is 27.2 Å². The summed E-state index contributed by atoms with van der Waals surface area (Å²) in [4.78, 5) is 2.56. The van der Waals surface area contributed by atoms with Crippen LogP contribution in [-0.4, -0.2) is 50.3 Å². The van der Waals surface area contributed by atoms with Crippen molar-refractivity contribution in [3.63, 3.8) is 0 Å². The van der Waals surface area contributed by atoms with Crippen molar-refractivity contribution in [3.8, 4) is 0 Å². The molecular weight excluding hydrogens is 236 g/mol. The summed E-state index contributed by atoms with van der Waals surface area (Å²) >= 11 is 0. The highest BCUT2D eigenvalue weighted by Crippen LogP contribution is 2.32. The van der Waals surface area contributed by atoms with Crippen LogP contribution in [0.4, 0.5) is 0 Å². The summed E-state index contributed by atoms with van der Waals surface area (Å²) in [6.45, 7) is 6.73. The average Bonchev–Trinajstić information content (AvgIpc) is 2.85. The quantitative estimate of drug-likeness (QED) is 0.829. The minimum absolute atomic E-state index is 0.406. The van der Waals surface area contributed by atoms with Crippen LogP contribution in [0.2, 0.25) is 0 Å². The Morgan fingerprint density at radius 3 is 2.63 bits per heavy atom. The fraction of sp³-hybridized carbons (Fsp3) is 1.00. The summed E-state index contributed by atoms with van der Waals surface area (Å²) < 4.78 is 5.71. The van der Waals surface area contributed by atoms with Crippen molar-refractivity contribution in [3.05, 3.63) is 0 Å². The molecule has 1 heterocycles. The highest BCUT2D eigenvalue weighted by molar-refractivity contribution is 4.88. The Hall–Kier alpha value is -0.120. The summed E-state index contributed by atoms with van der Waals surface area (Å²) in [6, 6.07) is 1.34. The monoisotopic (exact) mass is 268 g/mol. The second-order valence-electron chi connectivity index (χ2n) is 6.61. The first-order chi connectivity index (χ1) is 9.15. The molecule has 2 aliphatic rings. The summed E-state index contributed by atoms with van der Waals surface area (Å²) in [5.74, 6) is 1.75. The van der Waals surface area contributed by atoms with Crippen molar-refractivity contribution >= 4 is 0 Å². The van der Waals surface area contributed by atoms with Gasteiger partial charge in [-0.15, -0.1) is 0 Å². The molecule has 0 spiro atoms. The predicted octanol–water partition coefficient (Wildman–Crippen LogP) is 2.51. The van der Waals surface area contributed by atoms with E-state index in [-0.39, 0.29) is 0 Å². The minimum atomic E-state index is 0.406. The van der Waals surface area contributed by atoms with Gasteiger partial charge in [0.15, 0.2) is 0 Å². The lowest BCUT2D eigenvalue weighted by atomic mass is 9.76. The smallest absolute Gasteiger partial charge is 0.0702 e. The van der Waals surface area contributed by atoms with E-state index in [0.717, 1.165) is 18.4 Å². The third kappa shape index (κ3) is 3.71. The molecule has 5 unspecified atom stereocenters. The van der Waals surface area contributed by atoms with Crippen LogP contribution in [-0.2, 0) is 4.74 Å². The molecule has 2 fully saturated rings. The van der Waals surface area contributed by atoms with E-state index in [9.17, 15) is 0 Å². The van der Waals surface area contributed by atoms with Crippen LogP contribution < -0.4 is 5.32 Å². The van der Waals surface area contributed by atoms with Gasteiger partial charge in [0.25, 0.3) is 0 Å². The number of rotatable bonds is 5. The van der Waals surface area contributed by atoms with Crippen LogP contribution in [0.15, 0.2) is 0 Å². The standard InChI is InChI=1S/C16H32N2O/c1-5-13-6-7-15(17-3)14(10-13)11-18(4)16-8-9-19-12(16)2/h12-17H,5-11H2,1-4H3. The molecule has 1 saturated heterocycles. The summed E-state index contributed by atoms with van der Waals surface area (Å²) in [7, 11) is 4.42. The molecule has 0 aromatic carbocycles. The lowest BCUT2D eigenvalue weighted by Gasteiger charge is -2.39. The zero-order valence-corrected chi connectivity index (χ0v) is 13.2. The van der Waals surface area contributed by atoms with Crippen molar-refractivity contribution in [1.29, 1.82) is 0 Å². The van der Waals surface area contributed by atoms with Crippen LogP contribution in [0.1, 0.15) is 46.0 Å². The molecule has 1 aliphatic heterocycles. The van der Waals surface area contributed by atoms with Gasteiger partial charge >= 0.3 is 0 Å². The fourth-order valence-corrected chi connectivity index (χ4v) is 4.12. The Labute approximate surface area is 119 Å². The molecule has 1 aliphatic carbocycles. The molecule has 0 aromatic rings. The molecule has 1 saturated carbocycles. The topological polar surface area (TPSA) is 24.5 Å². The van der Waals surface area contributed by atoms with E-state index in [1.165, 1.54) is 38.6 Å². The Morgan fingerprint density at radius 1 is 1.26 bits per heavy atom. The number of likely N-dealkylation sites (N-methyl/N-ethyl adjacent to an activating group) is 1. The Kier molecular flexibility index (Phi) is 5.67. The molecule has 0 amide bonds. The molecule has 3 nitrogen and oxygen atoms in total. The van der Waals surface area contributed by atoms with Gasteiger partial charge in [-0.2, -0.15) is 0 Å². The third-order valence-corrected chi connectivity index (χ3v) is 5.46. The number of hydrogen-bond donors (Lipinski definition) is 1. The minimum Gasteiger partial charge on any atom is -0.377 e. The van der Waals surface area contributed by atoms with Gasteiger partial charge in [0, 0.05) is 25.2 Å². The molecule has 0 aromatic heterocycles. The Bertz CT molecular complexity index is 271. The highest BCUT2D eigenvalue weighted by atomic mass is 16.5. The normalized spacial score (nSPS) is 39.9. The van der Waals surface area contributed by atoms with E-state index in [1.54, 1.807) is 0 Å². The average molecular weight is 268 g/mol. The van der Waals surface area contributed by atoms with Crippen LogP contribution in [0.25, 0.3) is 0 Å². The first-order valence-electron chi connectivity index (χ1n) is 8.14. The maximum atomic E-state index is 5.71. The SMILES string of the molecule is CCC1CCC(NC)C(CN(C)C2CCOC2C)C1. The molecule has 112 valence electrons. The van der Waals surface area contributed by atoms with Crippen LogP contribution in [0.5, 0.6) is 0 Å². The van der Waals surface area contributed by atoms with Gasteiger partial charge in [0.2, 0.25) is 0 Å². The largest absolute Gasteiger partial charge is 0.377 e. The second kappa shape index (κ2) is 7.05. The molecule has 0 bridgehead atoms. The Balaban J connectivity index is 1.90. The fourth-order valence-electron chi connectivity index (χ4n) is 4.12. The van der Waals surface area contributed by atoms with Gasteiger partial charge in [0.05, 0.1) is 6.10 Å². The van der Waals surface area contributed by atoms with E-state index < -0.39 is 0 Å². The van der Waals surface area contributed by atoms with Gasteiger partial charge < -0.3 is 15.0 Å². The summed E-state index contributed by atoms with van der Waals surface area (Å²) in [5.41, 5.74) is 0. The molecule has 3 heteroatoms. The van der Waals surface area contributed by atoms with Gasteiger partial charge in [-0.3, -0.25) is 0 Å². The van der Waals surface area contributed by atoms with E-state index in [0.29, 0.717) is 18.2 Å². The van der Waals surface area contributed by atoms with E-state index in [2.05, 4.69) is 38.2 Å². The van der Waals surface area contributed by atoms with Gasteiger partial charge in [-0.05, 0) is 58.5 Å². The van der Waals surface area contributed by atoms with E-state index in [4.69, 9.17) is 4.74 Å². The van der Waals surface area contributed by atoms with Crippen LogP contribution >= 0.6 is 0 Å². The lowest BCUT2D eigenvalue weighted by molar-refractivity contribution is 0.0673. The number of hydrogen-bond acceptors (Lipinski definition) is 3. The highest BCUT2D eigenvalue weighted by Gasteiger charge is 2.33. The van der Waals surface area contributed by atoms with Crippen LogP contribution in [0, 0.1) is 11.8 Å². The lowest BCUT2D eigenvalue weighted by Crippen LogP contribution is -2.47. The summed E-state index contributed by atoms with van der Waals surface area (Å²) in [6.07, 6.45) is 7.11. The molecule has 2 rings (SSSR count). The van der Waals surface area contributed by atoms with Gasteiger partial charge in [0.1, 0.15) is 0 Å². The van der Waals surface area contributed by atoms with Gasteiger partial charge in [-0.25, -0.2) is 0 Å². The number of ether oxygens (including phenoxy) is 1. The van der Waals surface area contributed by atoms with Crippen molar-refractivity contribution in [2.24, 2.45) is 11.8 Å². The zero-order chi connectivity index (χ0) is 13.8. The maximum Gasteiger partial charge on any atom is 0.0702 e. The van der Waals surface area contributed by atoms with E-state index in [1.807, 2.05) is 0 Å². The number of nitrogens with one attached hydrogen (secondary N) is 1. The van der Waals surface area contributed by atoms with Crippen molar-refractivity contribution in [2.45, 2.75) is 64.1 Å². The third-order valence-electron chi connectivity index (χ3n) is 5.46. The van der Waals surface area contributed by atoms with E-state index >= 15 is 0 Å². The second-order valence-corrected chi connectivity index (χ2v) is 6.61. The number of nitrogens with zero attached hydrogens (tertiary/aromatic N) is 1. The van der Waals surface area contributed by atoms with Crippen molar-refractivity contribution < 1.29 is 4.74 Å².